The Morgan fingerprint density at radius 1 is 1.28 bits per heavy atom. The molecule has 0 fully saturated rings. The Morgan fingerprint density at radius 2 is 1.94 bits per heavy atom. The third-order valence-corrected chi connectivity index (χ3v) is 4.81. The fourth-order valence-corrected chi connectivity index (χ4v) is 2.25. The Bertz CT molecular complexity index is 501. The van der Waals surface area contributed by atoms with Crippen molar-refractivity contribution in [2.45, 2.75) is 25.6 Å². The van der Waals surface area contributed by atoms with Crippen LogP contribution in [0.2, 0.25) is 0 Å². The summed E-state index contributed by atoms with van der Waals surface area (Å²) in [5.74, 6) is -1.03. The molecule has 0 atom stereocenters. The molecule has 1 aromatic carbocycles. The number of halogens is 2. The van der Waals surface area contributed by atoms with Crippen LogP contribution in [-0.2, 0) is 16.4 Å². The van der Waals surface area contributed by atoms with E-state index in [-0.39, 0.29) is 24.4 Å². The lowest BCUT2D eigenvalue weighted by atomic mass is 10.2. The van der Waals surface area contributed by atoms with Crippen LogP contribution in [0.1, 0.15) is 19.4 Å². The lowest BCUT2D eigenvalue weighted by Gasteiger charge is -2.09. The zero-order valence-corrected chi connectivity index (χ0v) is 11.2. The number of hydrogen-bond acceptors (Lipinski definition) is 3. The molecule has 18 heavy (non-hydrogen) atoms. The minimum Gasteiger partial charge on any atom is -0.312 e. The minimum absolute atomic E-state index is 0.0123. The molecule has 0 saturated heterocycles. The van der Waals surface area contributed by atoms with Gasteiger partial charge in [0, 0.05) is 18.7 Å². The first-order valence-electron chi connectivity index (χ1n) is 5.69. The molecule has 0 unspecified atom stereocenters. The van der Waals surface area contributed by atoms with Gasteiger partial charge >= 0.3 is 0 Å². The summed E-state index contributed by atoms with van der Waals surface area (Å²) >= 11 is 0. The van der Waals surface area contributed by atoms with E-state index in [0.717, 1.165) is 18.2 Å². The molecule has 0 bridgehead atoms. The first-order valence-corrected chi connectivity index (χ1v) is 7.40. The molecule has 3 nitrogen and oxygen atoms in total. The summed E-state index contributed by atoms with van der Waals surface area (Å²) in [5.41, 5.74) is 0.192. The van der Waals surface area contributed by atoms with Crippen molar-refractivity contribution >= 4 is 9.84 Å². The number of nitrogens with one attached hydrogen (secondary N) is 1. The highest BCUT2D eigenvalue weighted by Crippen LogP contribution is 2.09. The van der Waals surface area contributed by atoms with E-state index < -0.39 is 26.7 Å². The van der Waals surface area contributed by atoms with Gasteiger partial charge in [0.05, 0.1) is 11.0 Å². The van der Waals surface area contributed by atoms with Crippen molar-refractivity contribution < 1.29 is 17.2 Å². The van der Waals surface area contributed by atoms with Gasteiger partial charge in [0.15, 0.2) is 9.84 Å². The largest absolute Gasteiger partial charge is 0.312 e. The number of benzene rings is 1. The molecule has 102 valence electrons. The Kier molecular flexibility index (Phi) is 5.22. The van der Waals surface area contributed by atoms with Crippen LogP contribution in [0.3, 0.4) is 0 Å². The molecule has 0 aromatic heterocycles. The molecule has 0 radical (unpaired) electrons. The average Bonchev–Trinajstić information content (AvgIpc) is 2.28. The fourth-order valence-electron chi connectivity index (χ4n) is 1.35. The monoisotopic (exact) mass is 277 g/mol. The predicted octanol–water partition coefficient (Wildman–Crippen LogP) is 1.88. The maximum Gasteiger partial charge on any atom is 0.153 e. The van der Waals surface area contributed by atoms with Crippen molar-refractivity contribution in [2.24, 2.45) is 0 Å². The number of hydrogen-bond donors (Lipinski definition) is 1. The maximum atomic E-state index is 13.2. The van der Waals surface area contributed by atoms with Crippen LogP contribution >= 0.6 is 0 Å². The van der Waals surface area contributed by atoms with Gasteiger partial charge in [-0.2, -0.15) is 0 Å². The normalized spacial score (nSPS) is 12.1. The Morgan fingerprint density at radius 3 is 2.56 bits per heavy atom. The van der Waals surface area contributed by atoms with Gasteiger partial charge in [-0.3, -0.25) is 0 Å². The van der Waals surface area contributed by atoms with Crippen molar-refractivity contribution in [3.8, 4) is 0 Å². The summed E-state index contributed by atoms with van der Waals surface area (Å²) in [6.07, 6.45) is 0. The third kappa shape index (κ3) is 4.34. The van der Waals surface area contributed by atoms with Crippen molar-refractivity contribution in [3.63, 3.8) is 0 Å². The molecule has 0 aliphatic carbocycles. The summed E-state index contributed by atoms with van der Waals surface area (Å²) in [6.45, 7) is 3.55. The van der Waals surface area contributed by atoms with E-state index in [1.54, 1.807) is 13.8 Å². The van der Waals surface area contributed by atoms with E-state index in [4.69, 9.17) is 0 Å². The lowest BCUT2D eigenvalue weighted by Crippen LogP contribution is -2.27. The van der Waals surface area contributed by atoms with E-state index in [2.05, 4.69) is 5.32 Å². The molecule has 1 N–H and O–H groups in total. The highest BCUT2D eigenvalue weighted by molar-refractivity contribution is 7.92. The van der Waals surface area contributed by atoms with Crippen LogP contribution in [0.25, 0.3) is 0 Å². The maximum absolute atomic E-state index is 13.2. The molecule has 1 aromatic rings. The van der Waals surface area contributed by atoms with E-state index in [1.165, 1.54) is 0 Å². The summed E-state index contributed by atoms with van der Waals surface area (Å²) < 4.78 is 49.1. The van der Waals surface area contributed by atoms with E-state index in [9.17, 15) is 17.2 Å². The van der Waals surface area contributed by atoms with Crippen LogP contribution in [0.15, 0.2) is 18.2 Å². The Balaban J connectivity index is 2.46. The zero-order chi connectivity index (χ0) is 13.8. The second-order valence-corrected chi connectivity index (χ2v) is 7.01. The minimum atomic E-state index is -3.10. The van der Waals surface area contributed by atoms with Gasteiger partial charge in [0.25, 0.3) is 0 Å². The summed E-state index contributed by atoms with van der Waals surface area (Å²) in [5, 5.41) is 2.37. The zero-order valence-electron chi connectivity index (χ0n) is 10.4. The van der Waals surface area contributed by atoms with Crippen LogP contribution in [-0.4, -0.2) is 26.0 Å². The summed E-state index contributed by atoms with van der Waals surface area (Å²) in [6, 6.07) is 3.19. The van der Waals surface area contributed by atoms with Gasteiger partial charge in [0.2, 0.25) is 0 Å². The first kappa shape index (κ1) is 15.0. The van der Waals surface area contributed by atoms with Gasteiger partial charge in [-0.15, -0.1) is 0 Å². The number of sulfone groups is 1. The fraction of sp³-hybridized carbons (Fsp3) is 0.500. The third-order valence-electron chi connectivity index (χ3n) is 2.60. The highest BCUT2D eigenvalue weighted by atomic mass is 32.2. The molecular weight excluding hydrogens is 260 g/mol. The molecule has 0 aliphatic heterocycles. The molecule has 0 aliphatic rings. The standard InChI is InChI=1S/C12H17F2NO2S/c1-9(2)18(16,17)6-5-15-8-10-7-11(13)3-4-12(10)14/h3-4,7,9,15H,5-6,8H2,1-2H3. The van der Waals surface area contributed by atoms with Crippen LogP contribution in [0, 0.1) is 11.6 Å². The smallest absolute Gasteiger partial charge is 0.153 e. The molecule has 6 heteroatoms. The van der Waals surface area contributed by atoms with Crippen LogP contribution < -0.4 is 5.32 Å². The predicted molar refractivity (Wildman–Crippen MR) is 67.0 cm³/mol. The quantitative estimate of drug-likeness (QED) is 0.808. The molecule has 1 rings (SSSR count). The highest BCUT2D eigenvalue weighted by Gasteiger charge is 2.15. The van der Waals surface area contributed by atoms with Crippen molar-refractivity contribution in [2.75, 3.05) is 12.3 Å². The van der Waals surface area contributed by atoms with Gasteiger partial charge in [-0.25, -0.2) is 17.2 Å². The molecule has 0 spiro atoms. The van der Waals surface area contributed by atoms with Crippen molar-refractivity contribution in [1.82, 2.24) is 5.32 Å². The van der Waals surface area contributed by atoms with Crippen LogP contribution in [0.4, 0.5) is 8.78 Å². The second kappa shape index (κ2) is 6.24. The summed E-state index contributed by atoms with van der Waals surface area (Å²) in [7, 11) is -3.10. The average molecular weight is 277 g/mol. The molecule has 0 amide bonds. The number of rotatable bonds is 6. The van der Waals surface area contributed by atoms with E-state index in [1.807, 2.05) is 0 Å². The summed E-state index contributed by atoms with van der Waals surface area (Å²) in [4.78, 5) is 0. The van der Waals surface area contributed by atoms with Gasteiger partial charge in [-0.1, -0.05) is 0 Å². The Labute approximate surface area is 106 Å². The first-order chi connectivity index (χ1) is 8.33. The van der Waals surface area contributed by atoms with E-state index >= 15 is 0 Å². The second-order valence-electron chi connectivity index (χ2n) is 4.33. The van der Waals surface area contributed by atoms with E-state index in [0.29, 0.717) is 0 Å². The molecule has 0 heterocycles. The molecular formula is C12H17F2NO2S. The van der Waals surface area contributed by atoms with Gasteiger partial charge in [0.1, 0.15) is 11.6 Å². The lowest BCUT2D eigenvalue weighted by molar-refractivity contribution is 0.567. The van der Waals surface area contributed by atoms with Crippen molar-refractivity contribution in [3.05, 3.63) is 35.4 Å². The van der Waals surface area contributed by atoms with Gasteiger partial charge < -0.3 is 5.32 Å². The van der Waals surface area contributed by atoms with Gasteiger partial charge in [-0.05, 0) is 32.0 Å². The SMILES string of the molecule is CC(C)S(=O)(=O)CCNCc1cc(F)ccc1F. The topological polar surface area (TPSA) is 46.2 Å². The van der Waals surface area contributed by atoms with Crippen LogP contribution in [0.5, 0.6) is 0 Å². The Hall–Kier alpha value is -1.01. The molecule has 0 saturated carbocycles. The van der Waals surface area contributed by atoms with Crippen molar-refractivity contribution in [1.29, 1.82) is 0 Å².